The molecule has 0 aliphatic heterocycles. The first-order chi connectivity index (χ1) is 15.8. The van der Waals surface area contributed by atoms with Crippen LogP contribution in [0.25, 0.3) is 0 Å². The molecular formula is C29H58CaO3S+2. The number of benzene rings is 1. The Kier molecular flexibility index (Phi) is 43.4. The molecule has 1 N–H and O–H groups in total. The predicted octanol–water partition coefficient (Wildman–Crippen LogP) is 10.3. The molecule has 1 rings (SSSR count). The first-order valence-corrected chi connectivity index (χ1v) is 15.3. The zero-order valence-electron chi connectivity index (χ0n) is 23.8. The van der Waals surface area contributed by atoms with Crippen molar-refractivity contribution in [1.29, 1.82) is 0 Å². The Morgan fingerprint density at radius 3 is 0.941 bits per heavy atom. The van der Waals surface area contributed by atoms with E-state index in [1.165, 1.54) is 121 Å². The molecule has 0 spiro atoms. The fourth-order valence-corrected chi connectivity index (χ4v) is 3.48. The molecule has 0 aliphatic rings. The van der Waals surface area contributed by atoms with Gasteiger partial charge in [0.05, 0.1) is 4.90 Å². The molecule has 0 saturated heterocycles. The fraction of sp³-hybridized carbons (Fsp3) is 0.793. The van der Waals surface area contributed by atoms with Gasteiger partial charge in [-0.05, 0) is 12.1 Å². The van der Waals surface area contributed by atoms with E-state index in [1.807, 2.05) is 0 Å². The molecule has 1 aromatic carbocycles. The third-order valence-corrected chi connectivity index (χ3v) is 6.03. The summed E-state index contributed by atoms with van der Waals surface area (Å²) in [5, 5.41) is 0. The summed E-state index contributed by atoms with van der Waals surface area (Å²) in [6.45, 7) is 13.5. The molecule has 0 fully saturated rings. The zero-order chi connectivity index (χ0) is 25.6. The van der Waals surface area contributed by atoms with Gasteiger partial charge >= 0.3 is 37.7 Å². The van der Waals surface area contributed by atoms with E-state index >= 15 is 0 Å². The molecule has 0 radical (unpaired) electrons. The minimum atomic E-state index is -4.00. The van der Waals surface area contributed by atoms with Crippen LogP contribution in [0.3, 0.4) is 0 Å². The van der Waals surface area contributed by atoms with Crippen molar-refractivity contribution in [1.82, 2.24) is 0 Å². The van der Waals surface area contributed by atoms with Crippen LogP contribution in [-0.2, 0) is 10.1 Å². The maximum atomic E-state index is 10.4. The third-order valence-electron chi connectivity index (χ3n) is 5.16. The summed E-state index contributed by atoms with van der Waals surface area (Å²) in [6.07, 6.45) is 24.0. The van der Waals surface area contributed by atoms with Crippen LogP contribution < -0.4 is 0 Å². The largest absolute Gasteiger partial charge is 2.00 e. The van der Waals surface area contributed by atoms with Crippen LogP contribution >= 0.6 is 0 Å². The number of unbranched alkanes of at least 4 members (excludes halogenated alkanes) is 14. The number of rotatable bonds is 15. The van der Waals surface area contributed by atoms with Crippen LogP contribution in [0, 0.1) is 0 Å². The van der Waals surface area contributed by atoms with Crippen LogP contribution in [0.4, 0.5) is 0 Å². The molecule has 0 aromatic heterocycles. The molecule has 0 heterocycles. The average Bonchev–Trinajstić information content (AvgIpc) is 2.82. The molecule has 198 valence electrons. The van der Waals surface area contributed by atoms with Gasteiger partial charge in [0, 0.05) is 0 Å². The van der Waals surface area contributed by atoms with Gasteiger partial charge in [-0.15, -0.1) is 0 Å². The minimum Gasteiger partial charge on any atom is -0.282 e. The molecule has 0 saturated carbocycles. The maximum Gasteiger partial charge on any atom is 2.00 e. The van der Waals surface area contributed by atoms with Crippen LogP contribution in [0.2, 0.25) is 0 Å². The Morgan fingerprint density at radius 1 is 0.500 bits per heavy atom. The second kappa shape index (κ2) is 35.6. The van der Waals surface area contributed by atoms with Crippen molar-refractivity contribution < 1.29 is 13.0 Å². The van der Waals surface area contributed by atoms with Crippen molar-refractivity contribution in [2.45, 2.75) is 156 Å². The van der Waals surface area contributed by atoms with Gasteiger partial charge in [0.1, 0.15) is 0 Å². The monoisotopic (exact) mass is 526 g/mol. The van der Waals surface area contributed by atoms with E-state index in [4.69, 9.17) is 4.55 Å². The maximum absolute atomic E-state index is 10.4. The standard InChI is InChI=1S/C11H24.C6H6O3S.2C6H14.Ca/c1-3-5-7-9-11-10-8-6-4-2;7-10(8,9)6-4-2-1-3-5-6;2*1-3-5-6-4-2;/h3-11H2,1-2H3;1-5H,(H,7,8,9);2*3-6H2,1-2H3;/q;;;;+2. The second-order valence-electron chi connectivity index (χ2n) is 8.68. The predicted molar refractivity (Wildman–Crippen MR) is 155 cm³/mol. The van der Waals surface area contributed by atoms with Gasteiger partial charge in [0.15, 0.2) is 0 Å². The third kappa shape index (κ3) is 39.6. The molecule has 0 unspecified atom stereocenters. The van der Waals surface area contributed by atoms with E-state index in [-0.39, 0.29) is 42.6 Å². The fourth-order valence-electron chi connectivity index (χ4n) is 2.98. The van der Waals surface area contributed by atoms with E-state index in [0.29, 0.717) is 0 Å². The SMILES string of the molecule is CCCCCC.CCCCCC.CCCCCCCCCCC.O=S(=O)(O)c1ccccc1.[Ca+2]. The Labute approximate surface area is 245 Å². The van der Waals surface area contributed by atoms with Gasteiger partial charge in [-0.3, -0.25) is 4.55 Å². The average molecular weight is 527 g/mol. The van der Waals surface area contributed by atoms with Crippen LogP contribution in [0.5, 0.6) is 0 Å². The number of hydrogen-bond donors (Lipinski definition) is 1. The van der Waals surface area contributed by atoms with Gasteiger partial charge in [-0.25, -0.2) is 0 Å². The van der Waals surface area contributed by atoms with Crippen molar-refractivity contribution in [2.24, 2.45) is 0 Å². The van der Waals surface area contributed by atoms with Gasteiger partial charge in [0.2, 0.25) is 0 Å². The van der Waals surface area contributed by atoms with Gasteiger partial charge < -0.3 is 0 Å². The quantitative estimate of drug-likeness (QED) is 0.140. The molecular weight excluding hydrogens is 468 g/mol. The number of hydrogen-bond acceptors (Lipinski definition) is 2. The molecule has 0 aliphatic carbocycles. The van der Waals surface area contributed by atoms with Crippen molar-refractivity contribution in [2.75, 3.05) is 0 Å². The molecule has 3 nitrogen and oxygen atoms in total. The Morgan fingerprint density at radius 2 is 0.735 bits per heavy atom. The van der Waals surface area contributed by atoms with Crippen molar-refractivity contribution in [3.8, 4) is 0 Å². The first kappa shape index (κ1) is 41.5. The van der Waals surface area contributed by atoms with E-state index in [9.17, 15) is 8.42 Å². The van der Waals surface area contributed by atoms with Crippen molar-refractivity contribution in [3.63, 3.8) is 0 Å². The summed E-state index contributed by atoms with van der Waals surface area (Å²) in [7, 11) is -4.00. The summed E-state index contributed by atoms with van der Waals surface area (Å²) >= 11 is 0. The molecule has 5 heteroatoms. The van der Waals surface area contributed by atoms with Gasteiger partial charge in [-0.2, -0.15) is 8.42 Å². The topological polar surface area (TPSA) is 54.4 Å². The Hall–Kier alpha value is 0.390. The summed E-state index contributed by atoms with van der Waals surface area (Å²) in [6, 6.07) is 7.42. The summed E-state index contributed by atoms with van der Waals surface area (Å²) in [5.41, 5.74) is 0. The van der Waals surface area contributed by atoms with E-state index in [2.05, 4.69) is 41.5 Å². The minimum absolute atomic E-state index is 0. The molecule has 1 aromatic rings. The molecule has 0 amide bonds. The Balaban J connectivity index is -0.000000181. The van der Waals surface area contributed by atoms with Crippen LogP contribution in [0.15, 0.2) is 35.2 Å². The summed E-state index contributed by atoms with van der Waals surface area (Å²) < 4.78 is 29.2. The van der Waals surface area contributed by atoms with E-state index in [0.717, 1.165) is 0 Å². The second-order valence-corrected chi connectivity index (χ2v) is 10.1. The van der Waals surface area contributed by atoms with Gasteiger partial charge in [0.25, 0.3) is 10.1 Å². The molecule has 0 atom stereocenters. The zero-order valence-corrected chi connectivity index (χ0v) is 26.8. The van der Waals surface area contributed by atoms with Crippen LogP contribution in [0.1, 0.15) is 151 Å². The summed E-state index contributed by atoms with van der Waals surface area (Å²) in [4.78, 5) is -0.0741. The van der Waals surface area contributed by atoms with E-state index in [1.54, 1.807) is 18.2 Å². The first-order valence-electron chi connectivity index (χ1n) is 13.9. The van der Waals surface area contributed by atoms with E-state index < -0.39 is 10.1 Å². The molecule has 0 bridgehead atoms. The van der Waals surface area contributed by atoms with Crippen molar-refractivity contribution in [3.05, 3.63) is 30.3 Å². The van der Waals surface area contributed by atoms with Crippen LogP contribution in [-0.4, -0.2) is 50.7 Å². The smallest absolute Gasteiger partial charge is 0.282 e. The summed E-state index contributed by atoms with van der Waals surface area (Å²) in [5.74, 6) is 0. The normalized spacial score (nSPS) is 9.85. The van der Waals surface area contributed by atoms with Gasteiger partial charge in [-0.1, -0.05) is 169 Å². The molecule has 34 heavy (non-hydrogen) atoms. The van der Waals surface area contributed by atoms with Crippen molar-refractivity contribution >= 4 is 47.9 Å². The Bertz CT molecular complexity index is 524.